The zero-order valence-electron chi connectivity index (χ0n) is 15.7. The number of aryl methyl sites for hydroxylation is 1. The van der Waals surface area contributed by atoms with Crippen LogP contribution in [0.4, 0.5) is 11.4 Å². The second-order valence-corrected chi connectivity index (χ2v) is 6.39. The van der Waals surface area contributed by atoms with Gasteiger partial charge in [-0.15, -0.1) is 0 Å². The highest BCUT2D eigenvalue weighted by Crippen LogP contribution is 2.19. The third kappa shape index (κ3) is 4.76. The number of amides is 2. The van der Waals surface area contributed by atoms with Crippen LogP contribution in [0.5, 0.6) is 5.75 Å². The summed E-state index contributed by atoms with van der Waals surface area (Å²) in [6.07, 6.45) is 0.476. The van der Waals surface area contributed by atoms with E-state index in [1.807, 2.05) is 12.1 Å². The Kier molecular flexibility index (Phi) is 5.74. The fourth-order valence-electron chi connectivity index (χ4n) is 2.89. The molecular formula is C21H21N3O4. The Balaban J connectivity index is 1.67. The molecule has 0 atom stereocenters. The SMILES string of the molecule is COc1ccc2cc(CCC(=O)Nc3cccc(NC(C)=O)c3)c(=O)[nH]c2c1. The molecule has 0 aliphatic heterocycles. The van der Waals surface area contributed by atoms with Crippen LogP contribution >= 0.6 is 0 Å². The lowest BCUT2D eigenvalue weighted by Gasteiger charge is -2.08. The number of anilines is 2. The van der Waals surface area contributed by atoms with Crippen molar-refractivity contribution in [2.24, 2.45) is 0 Å². The minimum Gasteiger partial charge on any atom is -0.497 e. The van der Waals surface area contributed by atoms with E-state index in [0.717, 1.165) is 5.39 Å². The van der Waals surface area contributed by atoms with E-state index in [1.165, 1.54) is 6.92 Å². The molecule has 1 aromatic heterocycles. The van der Waals surface area contributed by atoms with Crippen molar-refractivity contribution < 1.29 is 14.3 Å². The average molecular weight is 379 g/mol. The Labute approximate surface area is 161 Å². The van der Waals surface area contributed by atoms with Crippen LogP contribution in [0.25, 0.3) is 10.9 Å². The Morgan fingerprint density at radius 1 is 1.04 bits per heavy atom. The first-order chi connectivity index (χ1) is 13.4. The normalized spacial score (nSPS) is 10.5. The maximum Gasteiger partial charge on any atom is 0.251 e. The standard InChI is InChI=1S/C21H21N3O4/c1-13(25)22-16-4-3-5-17(11-16)23-20(26)9-7-15-10-14-6-8-18(28-2)12-19(14)24-21(15)27/h3-6,8,10-12H,7,9H2,1-2H3,(H,22,25)(H,23,26)(H,24,27). The van der Waals surface area contributed by atoms with Gasteiger partial charge in [0.25, 0.3) is 5.56 Å². The number of carbonyl (C=O) groups is 2. The maximum absolute atomic E-state index is 12.3. The Bertz CT molecular complexity index is 1090. The fourth-order valence-corrected chi connectivity index (χ4v) is 2.89. The molecule has 3 N–H and O–H groups in total. The molecule has 28 heavy (non-hydrogen) atoms. The molecule has 7 heteroatoms. The highest BCUT2D eigenvalue weighted by atomic mass is 16.5. The van der Waals surface area contributed by atoms with E-state index in [-0.39, 0.29) is 23.8 Å². The van der Waals surface area contributed by atoms with Crippen LogP contribution in [0.15, 0.2) is 53.3 Å². The molecule has 0 aliphatic rings. The van der Waals surface area contributed by atoms with Crippen molar-refractivity contribution in [3.63, 3.8) is 0 Å². The number of hydrogen-bond donors (Lipinski definition) is 3. The van der Waals surface area contributed by atoms with Gasteiger partial charge in [-0.3, -0.25) is 14.4 Å². The van der Waals surface area contributed by atoms with E-state index in [4.69, 9.17) is 4.74 Å². The largest absolute Gasteiger partial charge is 0.497 e. The van der Waals surface area contributed by atoms with Gasteiger partial charge < -0.3 is 20.4 Å². The van der Waals surface area contributed by atoms with Gasteiger partial charge in [0.05, 0.1) is 12.6 Å². The number of methoxy groups -OCH3 is 1. The van der Waals surface area contributed by atoms with Crippen LogP contribution in [0.3, 0.4) is 0 Å². The van der Waals surface area contributed by atoms with Gasteiger partial charge in [-0.2, -0.15) is 0 Å². The number of aromatic amines is 1. The molecule has 2 amide bonds. The third-order valence-corrected chi connectivity index (χ3v) is 4.22. The molecule has 0 fully saturated rings. The number of ether oxygens (including phenoxy) is 1. The van der Waals surface area contributed by atoms with Crippen molar-refractivity contribution in [1.29, 1.82) is 0 Å². The summed E-state index contributed by atoms with van der Waals surface area (Å²) in [7, 11) is 1.57. The lowest BCUT2D eigenvalue weighted by atomic mass is 10.1. The molecule has 0 bridgehead atoms. The topological polar surface area (TPSA) is 100 Å². The summed E-state index contributed by atoms with van der Waals surface area (Å²) in [4.78, 5) is 38.5. The van der Waals surface area contributed by atoms with E-state index in [2.05, 4.69) is 15.6 Å². The molecular weight excluding hydrogens is 358 g/mol. The smallest absolute Gasteiger partial charge is 0.251 e. The molecule has 3 rings (SSSR count). The number of pyridine rings is 1. The highest BCUT2D eigenvalue weighted by Gasteiger charge is 2.08. The summed E-state index contributed by atoms with van der Waals surface area (Å²) in [6, 6.07) is 14.1. The molecule has 0 aliphatic carbocycles. The molecule has 0 saturated carbocycles. The van der Waals surface area contributed by atoms with Gasteiger partial charge in [0.2, 0.25) is 11.8 Å². The van der Waals surface area contributed by atoms with E-state index in [9.17, 15) is 14.4 Å². The van der Waals surface area contributed by atoms with Gasteiger partial charge in [-0.05, 0) is 48.2 Å². The lowest BCUT2D eigenvalue weighted by molar-refractivity contribution is -0.116. The van der Waals surface area contributed by atoms with Crippen molar-refractivity contribution >= 4 is 34.1 Å². The van der Waals surface area contributed by atoms with Crippen LogP contribution in [-0.4, -0.2) is 23.9 Å². The zero-order chi connectivity index (χ0) is 20.1. The molecule has 0 saturated heterocycles. The van der Waals surface area contributed by atoms with Crippen molar-refractivity contribution in [1.82, 2.24) is 4.98 Å². The second-order valence-electron chi connectivity index (χ2n) is 6.39. The molecule has 0 spiro atoms. The van der Waals surface area contributed by atoms with Gasteiger partial charge >= 0.3 is 0 Å². The molecule has 7 nitrogen and oxygen atoms in total. The Morgan fingerprint density at radius 2 is 1.79 bits per heavy atom. The first-order valence-electron chi connectivity index (χ1n) is 8.82. The molecule has 1 heterocycles. The second kappa shape index (κ2) is 8.39. The lowest BCUT2D eigenvalue weighted by Crippen LogP contribution is -2.17. The Hall–Kier alpha value is -3.61. The van der Waals surface area contributed by atoms with Gasteiger partial charge in [0.1, 0.15) is 5.75 Å². The minimum absolute atomic E-state index is 0.162. The summed E-state index contributed by atoms with van der Waals surface area (Å²) in [5.41, 5.74) is 2.19. The van der Waals surface area contributed by atoms with Crippen molar-refractivity contribution in [2.75, 3.05) is 17.7 Å². The molecule has 2 aromatic carbocycles. The summed E-state index contributed by atoms with van der Waals surface area (Å²) in [5.74, 6) is 0.266. The molecule has 144 valence electrons. The highest BCUT2D eigenvalue weighted by molar-refractivity contribution is 5.93. The van der Waals surface area contributed by atoms with Crippen molar-refractivity contribution in [3.05, 3.63) is 64.4 Å². The van der Waals surface area contributed by atoms with Crippen LogP contribution < -0.4 is 20.9 Å². The summed E-state index contributed by atoms with van der Waals surface area (Å²) < 4.78 is 5.16. The van der Waals surface area contributed by atoms with Crippen molar-refractivity contribution in [2.45, 2.75) is 19.8 Å². The third-order valence-electron chi connectivity index (χ3n) is 4.22. The first kappa shape index (κ1) is 19.2. The maximum atomic E-state index is 12.3. The van der Waals surface area contributed by atoms with E-state index in [1.54, 1.807) is 43.5 Å². The van der Waals surface area contributed by atoms with Crippen LogP contribution in [0, 0.1) is 0 Å². The van der Waals surface area contributed by atoms with E-state index >= 15 is 0 Å². The average Bonchev–Trinajstić information content (AvgIpc) is 2.65. The zero-order valence-corrected chi connectivity index (χ0v) is 15.7. The summed E-state index contributed by atoms with van der Waals surface area (Å²) in [6.45, 7) is 1.42. The predicted molar refractivity (Wildman–Crippen MR) is 109 cm³/mol. The molecule has 3 aromatic rings. The summed E-state index contributed by atoms with van der Waals surface area (Å²) in [5, 5.41) is 6.32. The first-order valence-corrected chi connectivity index (χ1v) is 8.82. The molecule has 0 radical (unpaired) electrons. The van der Waals surface area contributed by atoms with Crippen LogP contribution in [-0.2, 0) is 16.0 Å². The number of benzene rings is 2. The van der Waals surface area contributed by atoms with E-state index in [0.29, 0.717) is 34.6 Å². The fraction of sp³-hybridized carbons (Fsp3) is 0.190. The number of aromatic nitrogens is 1. The van der Waals surface area contributed by atoms with Gasteiger partial charge in [-0.25, -0.2) is 0 Å². The van der Waals surface area contributed by atoms with Gasteiger partial charge in [0.15, 0.2) is 0 Å². The summed E-state index contributed by atoms with van der Waals surface area (Å²) >= 11 is 0. The number of fused-ring (bicyclic) bond motifs is 1. The Morgan fingerprint density at radius 3 is 2.50 bits per heavy atom. The number of carbonyl (C=O) groups excluding carboxylic acids is 2. The van der Waals surface area contributed by atoms with E-state index < -0.39 is 0 Å². The quantitative estimate of drug-likeness (QED) is 0.613. The number of hydrogen-bond acceptors (Lipinski definition) is 4. The monoisotopic (exact) mass is 379 g/mol. The molecule has 0 unspecified atom stereocenters. The number of rotatable bonds is 6. The predicted octanol–water partition coefficient (Wildman–Crippen LogP) is 3.07. The number of H-pyrrole nitrogens is 1. The van der Waals surface area contributed by atoms with Crippen LogP contribution in [0.1, 0.15) is 18.9 Å². The van der Waals surface area contributed by atoms with Crippen molar-refractivity contribution in [3.8, 4) is 5.75 Å². The minimum atomic E-state index is -0.221. The number of nitrogens with one attached hydrogen (secondary N) is 3. The van der Waals surface area contributed by atoms with Gasteiger partial charge in [-0.1, -0.05) is 6.07 Å². The van der Waals surface area contributed by atoms with Crippen LogP contribution in [0.2, 0.25) is 0 Å². The van der Waals surface area contributed by atoms with Gasteiger partial charge in [0, 0.05) is 36.3 Å².